The quantitative estimate of drug-likeness (QED) is 0.842. The average Bonchev–Trinajstić information content (AvgIpc) is 2.91. The molecule has 1 aromatic rings. The Morgan fingerprint density at radius 3 is 2.85 bits per heavy atom. The highest BCUT2D eigenvalue weighted by molar-refractivity contribution is 5.74. The van der Waals surface area contributed by atoms with Gasteiger partial charge in [0.15, 0.2) is 11.5 Å². The van der Waals surface area contributed by atoms with Crippen molar-refractivity contribution in [3.8, 4) is 11.5 Å². The van der Waals surface area contributed by atoms with Crippen molar-refractivity contribution >= 4 is 6.03 Å². The number of hydrogen-bond acceptors (Lipinski definition) is 4. The van der Waals surface area contributed by atoms with Gasteiger partial charge in [-0.2, -0.15) is 0 Å². The third kappa shape index (κ3) is 2.51. The van der Waals surface area contributed by atoms with Gasteiger partial charge in [0.1, 0.15) is 0 Å². The Morgan fingerprint density at radius 1 is 1.35 bits per heavy atom. The fourth-order valence-electron chi connectivity index (χ4n) is 2.49. The lowest BCUT2D eigenvalue weighted by atomic mass is 9.99. The first-order valence-electron chi connectivity index (χ1n) is 6.71. The number of carbonyl (C=O) groups is 1. The Labute approximate surface area is 117 Å². The summed E-state index contributed by atoms with van der Waals surface area (Å²) in [7, 11) is 1.62. The number of fused-ring (bicyclic) bond motifs is 2. The van der Waals surface area contributed by atoms with Gasteiger partial charge >= 0.3 is 6.03 Å². The Morgan fingerprint density at radius 2 is 2.10 bits per heavy atom. The lowest BCUT2D eigenvalue weighted by Crippen LogP contribution is -2.43. The van der Waals surface area contributed by atoms with Crippen LogP contribution in [0, 0.1) is 0 Å². The first-order valence-corrected chi connectivity index (χ1v) is 6.71. The van der Waals surface area contributed by atoms with E-state index >= 15 is 0 Å². The third-order valence-electron chi connectivity index (χ3n) is 3.58. The molecule has 108 valence electrons. The van der Waals surface area contributed by atoms with Crippen LogP contribution in [0.25, 0.3) is 0 Å². The fraction of sp³-hybridized carbons (Fsp3) is 0.500. The first kappa shape index (κ1) is 13.1. The van der Waals surface area contributed by atoms with Gasteiger partial charge in [-0.1, -0.05) is 0 Å². The summed E-state index contributed by atoms with van der Waals surface area (Å²) in [5, 5.41) is 2.84. The average molecular weight is 278 g/mol. The lowest BCUT2D eigenvalue weighted by molar-refractivity contribution is 0.173. The SMILES string of the molecule is COCCNC(=O)N1CCc2cc3c(cc2C1)OCO3. The van der Waals surface area contributed by atoms with Gasteiger partial charge in [0.2, 0.25) is 6.79 Å². The molecule has 2 heterocycles. The van der Waals surface area contributed by atoms with Gasteiger partial charge in [-0.05, 0) is 29.7 Å². The molecule has 0 aliphatic carbocycles. The van der Waals surface area contributed by atoms with E-state index in [0.29, 0.717) is 26.2 Å². The highest BCUT2D eigenvalue weighted by atomic mass is 16.7. The molecule has 0 saturated heterocycles. The fourth-order valence-corrected chi connectivity index (χ4v) is 2.49. The van der Waals surface area contributed by atoms with Crippen LogP contribution in [0.15, 0.2) is 12.1 Å². The van der Waals surface area contributed by atoms with Crippen LogP contribution in [0.5, 0.6) is 11.5 Å². The van der Waals surface area contributed by atoms with Gasteiger partial charge in [-0.15, -0.1) is 0 Å². The van der Waals surface area contributed by atoms with Gasteiger partial charge in [0.25, 0.3) is 0 Å². The van der Waals surface area contributed by atoms with Crippen LogP contribution in [0.1, 0.15) is 11.1 Å². The number of rotatable bonds is 3. The molecule has 0 atom stereocenters. The predicted molar refractivity (Wildman–Crippen MR) is 72.0 cm³/mol. The minimum atomic E-state index is -0.0506. The second kappa shape index (κ2) is 5.58. The summed E-state index contributed by atoms with van der Waals surface area (Å²) >= 11 is 0. The van der Waals surface area contributed by atoms with Crippen molar-refractivity contribution in [3.63, 3.8) is 0 Å². The van der Waals surface area contributed by atoms with Crippen LogP contribution in [-0.4, -0.2) is 44.5 Å². The van der Waals surface area contributed by atoms with Crippen molar-refractivity contribution in [3.05, 3.63) is 23.3 Å². The van der Waals surface area contributed by atoms with E-state index in [-0.39, 0.29) is 12.8 Å². The van der Waals surface area contributed by atoms with Gasteiger partial charge in [0.05, 0.1) is 6.61 Å². The molecular formula is C14H18N2O4. The van der Waals surface area contributed by atoms with Crippen molar-refractivity contribution in [1.82, 2.24) is 10.2 Å². The Kier molecular flexibility index (Phi) is 3.64. The van der Waals surface area contributed by atoms with E-state index in [9.17, 15) is 4.79 Å². The molecule has 0 bridgehead atoms. The molecule has 6 heteroatoms. The van der Waals surface area contributed by atoms with Crippen molar-refractivity contribution in [1.29, 1.82) is 0 Å². The number of benzene rings is 1. The zero-order chi connectivity index (χ0) is 13.9. The number of amides is 2. The minimum absolute atomic E-state index is 0.0506. The summed E-state index contributed by atoms with van der Waals surface area (Å²) in [5.41, 5.74) is 2.36. The summed E-state index contributed by atoms with van der Waals surface area (Å²) in [6, 6.07) is 3.95. The van der Waals surface area contributed by atoms with Crippen molar-refractivity contribution in [2.24, 2.45) is 0 Å². The van der Waals surface area contributed by atoms with Crippen LogP contribution in [0.2, 0.25) is 0 Å². The van der Waals surface area contributed by atoms with E-state index in [0.717, 1.165) is 23.5 Å². The molecule has 0 saturated carbocycles. The zero-order valence-electron chi connectivity index (χ0n) is 11.5. The lowest BCUT2D eigenvalue weighted by Gasteiger charge is -2.29. The molecule has 1 aromatic carbocycles. The Bertz CT molecular complexity index is 518. The first-order chi connectivity index (χ1) is 9.78. The standard InChI is InChI=1S/C14H18N2O4/c1-18-5-3-15-14(17)16-4-2-10-6-12-13(20-9-19-12)7-11(10)8-16/h6-7H,2-5,8-9H2,1H3,(H,15,17). The molecule has 0 spiro atoms. The van der Waals surface area contributed by atoms with Crippen molar-refractivity contribution in [2.75, 3.05) is 33.6 Å². The molecule has 2 aliphatic heterocycles. The molecule has 3 rings (SSSR count). The number of ether oxygens (including phenoxy) is 3. The van der Waals surface area contributed by atoms with Gasteiger partial charge < -0.3 is 24.4 Å². The van der Waals surface area contributed by atoms with E-state index in [4.69, 9.17) is 14.2 Å². The highest BCUT2D eigenvalue weighted by Crippen LogP contribution is 2.36. The van der Waals surface area contributed by atoms with Gasteiger partial charge in [-0.25, -0.2) is 4.79 Å². The van der Waals surface area contributed by atoms with E-state index in [1.165, 1.54) is 5.56 Å². The molecule has 0 aromatic heterocycles. The molecule has 0 fully saturated rings. The summed E-state index contributed by atoms with van der Waals surface area (Å²) in [4.78, 5) is 13.8. The van der Waals surface area contributed by atoms with Crippen molar-refractivity contribution in [2.45, 2.75) is 13.0 Å². The maximum Gasteiger partial charge on any atom is 0.317 e. The number of carbonyl (C=O) groups excluding carboxylic acids is 1. The van der Waals surface area contributed by atoms with E-state index < -0.39 is 0 Å². The summed E-state index contributed by atoms with van der Waals surface area (Å²) in [6.45, 7) is 2.64. The highest BCUT2D eigenvalue weighted by Gasteiger charge is 2.24. The van der Waals surface area contributed by atoms with E-state index in [1.54, 1.807) is 12.0 Å². The normalized spacial score (nSPS) is 15.9. The van der Waals surface area contributed by atoms with Gasteiger partial charge in [-0.3, -0.25) is 0 Å². The maximum absolute atomic E-state index is 12.0. The molecule has 1 N–H and O–H groups in total. The summed E-state index contributed by atoms with van der Waals surface area (Å²) < 4.78 is 15.7. The largest absolute Gasteiger partial charge is 0.454 e. The second-order valence-corrected chi connectivity index (χ2v) is 4.87. The Balaban J connectivity index is 1.67. The van der Waals surface area contributed by atoms with Gasteiger partial charge in [0, 0.05) is 26.7 Å². The number of methoxy groups -OCH3 is 1. The molecular weight excluding hydrogens is 260 g/mol. The van der Waals surface area contributed by atoms with E-state index in [2.05, 4.69) is 5.32 Å². The summed E-state index contributed by atoms with van der Waals surface area (Å²) in [6.07, 6.45) is 0.837. The predicted octanol–water partition coefficient (Wildman–Crippen LogP) is 1.13. The molecule has 0 radical (unpaired) electrons. The molecule has 2 amide bonds. The molecule has 0 unspecified atom stereocenters. The van der Waals surface area contributed by atoms with Crippen LogP contribution >= 0.6 is 0 Å². The van der Waals surface area contributed by atoms with Crippen LogP contribution < -0.4 is 14.8 Å². The smallest absolute Gasteiger partial charge is 0.317 e. The zero-order valence-corrected chi connectivity index (χ0v) is 11.5. The molecule has 6 nitrogen and oxygen atoms in total. The number of hydrogen-bond donors (Lipinski definition) is 1. The number of nitrogens with zero attached hydrogens (tertiary/aromatic N) is 1. The van der Waals surface area contributed by atoms with Crippen LogP contribution in [0.3, 0.4) is 0 Å². The van der Waals surface area contributed by atoms with Crippen molar-refractivity contribution < 1.29 is 19.0 Å². The minimum Gasteiger partial charge on any atom is -0.454 e. The van der Waals surface area contributed by atoms with Crippen LogP contribution in [0.4, 0.5) is 4.79 Å². The maximum atomic E-state index is 12.0. The summed E-state index contributed by atoms with van der Waals surface area (Å²) in [5.74, 6) is 1.58. The van der Waals surface area contributed by atoms with Crippen LogP contribution in [-0.2, 0) is 17.7 Å². The number of urea groups is 1. The monoisotopic (exact) mass is 278 g/mol. The topological polar surface area (TPSA) is 60.0 Å². The Hall–Kier alpha value is -1.95. The third-order valence-corrected chi connectivity index (χ3v) is 3.58. The molecule has 2 aliphatic rings. The number of nitrogens with one attached hydrogen (secondary N) is 1. The second-order valence-electron chi connectivity index (χ2n) is 4.87. The molecule has 20 heavy (non-hydrogen) atoms. The van der Waals surface area contributed by atoms with E-state index in [1.807, 2.05) is 12.1 Å².